The van der Waals surface area contributed by atoms with Gasteiger partial charge < -0.3 is 5.73 Å². The molecule has 3 heteroatoms. The molecule has 1 atom stereocenters. The smallest absolute Gasteiger partial charge is 0.0584 e. The predicted octanol–water partition coefficient (Wildman–Crippen LogP) is 2.41. The van der Waals surface area contributed by atoms with Crippen LogP contribution in [0.3, 0.4) is 0 Å². The van der Waals surface area contributed by atoms with Gasteiger partial charge in [-0.3, -0.25) is 9.88 Å². The first kappa shape index (κ1) is 14.1. The monoisotopic (exact) mass is 235 g/mol. The molecule has 0 bridgehead atoms. The summed E-state index contributed by atoms with van der Waals surface area (Å²) in [5, 5.41) is 0. The van der Waals surface area contributed by atoms with E-state index in [2.05, 4.69) is 50.7 Å². The van der Waals surface area contributed by atoms with Crippen molar-refractivity contribution in [3.05, 3.63) is 29.6 Å². The standard InChI is InChI=1S/C14H25N3/c1-11(14(2,3)4)17(5)10-12-7-6-8-16-13(12)9-15/h6-8,11H,9-10,15H2,1-5H3. The summed E-state index contributed by atoms with van der Waals surface area (Å²) in [6.45, 7) is 10.5. The second-order valence-corrected chi connectivity index (χ2v) is 5.77. The lowest BCUT2D eigenvalue weighted by atomic mass is 9.87. The van der Waals surface area contributed by atoms with E-state index in [9.17, 15) is 0 Å². The van der Waals surface area contributed by atoms with Gasteiger partial charge in [0.1, 0.15) is 0 Å². The Morgan fingerprint density at radius 3 is 2.59 bits per heavy atom. The van der Waals surface area contributed by atoms with Gasteiger partial charge in [0.15, 0.2) is 0 Å². The molecule has 3 nitrogen and oxygen atoms in total. The van der Waals surface area contributed by atoms with Gasteiger partial charge in [0.2, 0.25) is 0 Å². The quantitative estimate of drug-likeness (QED) is 0.871. The van der Waals surface area contributed by atoms with Gasteiger partial charge in [0.25, 0.3) is 0 Å². The van der Waals surface area contributed by atoms with Crippen LogP contribution in [0.2, 0.25) is 0 Å². The minimum absolute atomic E-state index is 0.278. The van der Waals surface area contributed by atoms with Crippen LogP contribution in [0.25, 0.3) is 0 Å². The second-order valence-electron chi connectivity index (χ2n) is 5.77. The molecule has 0 aliphatic rings. The summed E-state index contributed by atoms with van der Waals surface area (Å²) in [7, 11) is 2.16. The molecule has 1 aromatic heterocycles. The summed E-state index contributed by atoms with van der Waals surface area (Å²) in [5.74, 6) is 0. The molecule has 1 rings (SSSR count). The van der Waals surface area contributed by atoms with Crippen molar-refractivity contribution in [3.8, 4) is 0 Å². The topological polar surface area (TPSA) is 42.2 Å². The molecule has 1 unspecified atom stereocenters. The molecular weight excluding hydrogens is 210 g/mol. The lowest BCUT2D eigenvalue weighted by Gasteiger charge is -2.35. The number of nitrogens with zero attached hydrogens (tertiary/aromatic N) is 2. The van der Waals surface area contributed by atoms with Gasteiger partial charge >= 0.3 is 0 Å². The van der Waals surface area contributed by atoms with Crippen LogP contribution in [-0.4, -0.2) is 23.0 Å². The van der Waals surface area contributed by atoms with E-state index in [0.717, 1.165) is 12.2 Å². The van der Waals surface area contributed by atoms with E-state index in [0.29, 0.717) is 12.6 Å². The Balaban J connectivity index is 2.77. The molecule has 0 aliphatic heterocycles. The van der Waals surface area contributed by atoms with E-state index in [1.165, 1.54) is 5.56 Å². The normalized spacial score (nSPS) is 14.1. The van der Waals surface area contributed by atoms with Crippen molar-refractivity contribution < 1.29 is 0 Å². The average molecular weight is 235 g/mol. The Morgan fingerprint density at radius 2 is 2.06 bits per heavy atom. The minimum atomic E-state index is 0.278. The number of aromatic nitrogens is 1. The number of hydrogen-bond acceptors (Lipinski definition) is 3. The summed E-state index contributed by atoms with van der Waals surface area (Å²) in [6.07, 6.45) is 1.80. The van der Waals surface area contributed by atoms with E-state index < -0.39 is 0 Å². The minimum Gasteiger partial charge on any atom is -0.325 e. The Bertz CT molecular complexity index is 355. The highest BCUT2D eigenvalue weighted by Gasteiger charge is 2.24. The Morgan fingerprint density at radius 1 is 1.41 bits per heavy atom. The van der Waals surface area contributed by atoms with Gasteiger partial charge in [-0.2, -0.15) is 0 Å². The fraction of sp³-hybridized carbons (Fsp3) is 0.643. The second kappa shape index (κ2) is 5.61. The zero-order chi connectivity index (χ0) is 13.1. The summed E-state index contributed by atoms with van der Waals surface area (Å²) in [4.78, 5) is 6.68. The molecular formula is C14H25N3. The highest BCUT2D eigenvalue weighted by molar-refractivity contribution is 5.19. The lowest BCUT2D eigenvalue weighted by Crippen LogP contribution is -2.39. The summed E-state index contributed by atoms with van der Waals surface area (Å²) in [6, 6.07) is 4.60. The molecule has 0 saturated carbocycles. The van der Waals surface area contributed by atoms with E-state index in [1.807, 2.05) is 6.07 Å². The molecule has 96 valence electrons. The fourth-order valence-electron chi connectivity index (χ4n) is 1.87. The number of pyridine rings is 1. The van der Waals surface area contributed by atoms with Crippen LogP contribution in [0.1, 0.15) is 39.0 Å². The third-order valence-corrected chi connectivity index (χ3v) is 3.51. The van der Waals surface area contributed by atoms with Crippen LogP contribution < -0.4 is 5.73 Å². The zero-order valence-corrected chi connectivity index (χ0v) is 11.7. The van der Waals surface area contributed by atoms with Crippen molar-refractivity contribution in [1.29, 1.82) is 0 Å². The van der Waals surface area contributed by atoms with E-state index in [-0.39, 0.29) is 5.41 Å². The molecule has 1 heterocycles. The van der Waals surface area contributed by atoms with Gasteiger partial charge in [-0.25, -0.2) is 0 Å². The average Bonchev–Trinajstić information content (AvgIpc) is 2.27. The van der Waals surface area contributed by atoms with Gasteiger partial charge in [-0.15, -0.1) is 0 Å². The molecule has 1 aromatic rings. The fourth-order valence-corrected chi connectivity index (χ4v) is 1.87. The summed E-state index contributed by atoms with van der Waals surface area (Å²) in [5.41, 5.74) is 8.22. The lowest BCUT2D eigenvalue weighted by molar-refractivity contribution is 0.134. The first-order chi connectivity index (χ1) is 7.86. The SMILES string of the molecule is CC(N(C)Cc1cccnc1CN)C(C)(C)C. The first-order valence-electron chi connectivity index (χ1n) is 6.19. The molecule has 0 amide bonds. The predicted molar refractivity (Wildman–Crippen MR) is 72.5 cm³/mol. The molecule has 0 spiro atoms. The van der Waals surface area contributed by atoms with Crippen molar-refractivity contribution in [2.24, 2.45) is 11.1 Å². The number of nitrogens with two attached hydrogens (primary N) is 1. The van der Waals surface area contributed by atoms with Crippen molar-refractivity contribution in [2.75, 3.05) is 7.05 Å². The highest BCUT2D eigenvalue weighted by Crippen LogP contribution is 2.24. The molecule has 0 radical (unpaired) electrons. The zero-order valence-electron chi connectivity index (χ0n) is 11.7. The largest absolute Gasteiger partial charge is 0.325 e. The molecule has 0 aliphatic carbocycles. The summed E-state index contributed by atoms with van der Waals surface area (Å²) < 4.78 is 0. The van der Waals surface area contributed by atoms with Crippen LogP contribution in [0.4, 0.5) is 0 Å². The molecule has 0 aromatic carbocycles. The Kier molecular flexibility index (Phi) is 4.66. The van der Waals surface area contributed by atoms with Crippen molar-refractivity contribution in [1.82, 2.24) is 9.88 Å². The van der Waals surface area contributed by atoms with Crippen LogP contribution in [0.5, 0.6) is 0 Å². The summed E-state index contributed by atoms with van der Waals surface area (Å²) >= 11 is 0. The Hall–Kier alpha value is -0.930. The molecule has 17 heavy (non-hydrogen) atoms. The molecule has 0 saturated heterocycles. The van der Waals surface area contributed by atoms with Gasteiger partial charge in [0.05, 0.1) is 5.69 Å². The van der Waals surface area contributed by atoms with Crippen molar-refractivity contribution in [2.45, 2.75) is 46.8 Å². The van der Waals surface area contributed by atoms with E-state index in [1.54, 1.807) is 6.20 Å². The maximum Gasteiger partial charge on any atom is 0.0584 e. The van der Waals surface area contributed by atoms with Crippen LogP contribution >= 0.6 is 0 Å². The maximum atomic E-state index is 5.71. The highest BCUT2D eigenvalue weighted by atomic mass is 15.1. The third kappa shape index (κ3) is 3.79. The van der Waals surface area contributed by atoms with Gasteiger partial charge in [0, 0.05) is 25.3 Å². The van der Waals surface area contributed by atoms with Crippen LogP contribution in [0.15, 0.2) is 18.3 Å². The number of rotatable bonds is 4. The third-order valence-electron chi connectivity index (χ3n) is 3.51. The van der Waals surface area contributed by atoms with Crippen LogP contribution in [0, 0.1) is 5.41 Å². The van der Waals surface area contributed by atoms with E-state index in [4.69, 9.17) is 5.73 Å². The van der Waals surface area contributed by atoms with Crippen molar-refractivity contribution >= 4 is 0 Å². The number of hydrogen-bond donors (Lipinski definition) is 1. The molecule has 0 fully saturated rings. The van der Waals surface area contributed by atoms with E-state index >= 15 is 0 Å². The molecule has 2 N–H and O–H groups in total. The van der Waals surface area contributed by atoms with Crippen molar-refractivity contribution in [3.63, 3.8) is 0 Å². The Labute approximate surface area is 105 Å². The van der Waals surface area contributed by atoms with Crippen LogP contribution in [-0.2, 0) is 13.1 Å². The first-order valence-corrected chi connectivity index (χ1v) is 6.19. The van der Waals surface area contributed by atoms with Gasteiger partial charge in [-0.1, -0.05) is 26.8 Å². The maximum absolute atomic E-state index is 5.71. The van der Waals surface area contributed by atoms with Gasteiger partial charge in [-0.05, 0) is 31.0 Å².